The first-order chi connectivity index (χ1) is 17.9. The highest BCUT2D eigenvalue weighted by Gasteiger charge is 2.26. The number of hydrazone groups is 1. The van der Waals surface area contributed by atoms with Crippen molar-refractivity contribution in [2.24, 2.45) is 5.10 Å². The molecule has 5 rings (SSSR count). The normalized spacial score (nSPS) is 13.0. The summed E-state index contributed by atoms with van der Waals surface area (Å²) in [5.41, 5.74) is 4.88. The summed E-state index contributed by atoms with van der Waals surface area (Å²) in [6.07, 6.45) is 0. The number of nitrogens with zero attached hydrogens (tertiary/aromatic N) is 4. The Kier molecular flexibility index (Phi) is 7.07. The number of rotatable bonds is 8. The standard InChI is InChI=1S/C28H25N5O2S2/c1-20-12-16-22(17-13-20)27(30-32-37(34,35)24-18-14-21(2)15-19-24)28(36-23-8-4-3-5-9-23)33-26-11-7-6-10-25(26)29-31-33/h3-19,28,32H,1-2H3/b30-27+. The molecule has 0 amide bonds. The number of aromatic nitrogens is 3. The first-order valence-corrected chi connectivity index (χ1v) is 14.0. The van der Waals surface area contributed by atoms with Crippen molar-refractivity contribution in [1.29, 1.82) is 0 Å². The summed E-state index contributed by atoms with van der Waals surface area (Å²) in [5, 5.41) is 12.8. The van der Waals surface area contributed by atoms with Crippen LogP contribution in [0.3, 0.4) is 0 Å². The molecule has 186 valence electrons. The van der Waals surface area contributed by atoms with Crippen LogP contribution in [0.5, 0.6) is 0 Å². The second-order valence-electron chi connectivity index (χ2n) is 8.58. The Bertz CT molecular complexity index is 1650. The lowest BCUT2D eigenvalue weighted by atomic mass is 10.1. The van der Waals surface area contributed by atoms with Crippen molar-refractivity contribution in [1.82, 2.24) is 19.8 Å². The Morgan fingerprint density at radius 1 is 0.838 bits per heavy atom. The molecule has 0 fully saturated rings. The fraction of sp³-hybridized carbons (Fsp3) is 0.107. The summed E-state index contributed by atoms with van der Waals surface area (Å²) in [7, 11) is -3.90. The molecule has 4 aromatic carbocycles. The largest absolute Gasteiger partial charge is 0.276 e. The zero-order chi connectivity index (χ0) is 25.8. The highest BCUT2D eigenvalue weighted by molar-refractivity contribution is 8.00. The molecule has 1 N–H and O–H groups in total. The predicted molar refractivity (Wildman–Crippen MR) is 148 cm³/mol. The molecule has 0 saturated carbocycles. The van der Waals surface area contributed by atoms with Gasteiger partial charge in [0.15, 0.2) is 0 Å². The summed E-state index contributed by atoms with van der Waals surface area (Å²) in [4.78, 5) is 3.59. The minimum Gasteiger partial charge on any atom is -0.225 e. The van der Waals surface area contributed by atoms with Gasteiger partial charge in [-0.2, -0.15) is 18.4 Å². The monoisotopic (exact) mass is 527 g/mol. The van der Waals surface area contributed by atoms with E-state index in [-0.39, 0.29) is 4.90 Å². The number of benzene rings is 4. The van der Waals surface area contributed by atoms with E-state index in [4.69, 9.17) is 0 Å². The highest BCUT2D eigenvalue weighted by atomic mass is 32.2. The molecule has 0 aliphatic carbocycles. The quantitative estimate of drug-likeness (QED) is 0.158. The molecule has 0 saturated heterocycles. The maximum atomic E-state index is 13.2. The van der Waals surface area contributed by atoms with Crippen LogP contribution in [0.25, 0.3) is 11.0 Å². The van der Waals surface area contributed by atoms with Crippen LogP contribution in [0.4, 0.5) is 0 Å². The summed E-state index contributed by atoms with van der Waals surface area (Å²) in [6.45, 7) is 3.91. The van der Waals surface area contributed by atoms with Crippen molar-refractivity contribution >= 4 is 38.5 Å². The van der Waals surface area contributed by atoms with E-state index in [9.17, 15) is 8.42 Å². The third kappa shape index (κ3) is 5.58. The molecule has 1 aromatic heterocycles. The molecule has 0 radical (unpaired) electrons. The van der Waals surface area contributed by atoms with E-state index in [1.807, 2.05) is 92.7 Å². The van der Waals surface area contributed by atoms with Gasteiger partial charge in [-0.3, -0.25) is 0 Å². The van der Waals surface area contributed by atoms with Crippen LogP contribution >= 0.6 is 11.8 Å². The average Bonchev–Trinajstić information content (AvgIpc) is 3.34. The number of para-hydroxylation sites is 1. The van der Waals surface area contributed by atoms with E-state index >= 15 is 0 Å². The summed E-state index contributed by atoms with van der Waals surface area (Å²) >= 11 is 1.51. The third-order valence-corrected chi connectivity index (χ3v) is 8.20. The van der Waals surface area contributed by atoms with Crippen LogP contribution in [0.15, 0.2) is 118 Å². The number of thioether (sulfide) groups is 1. The topological polar surface area (TPSA) is 89.2 Å². The van der Waals surface area contributed by atoms with Gasteiger partial charge >= 0.3 is 0 Å². The van der Waals surface area contributed by atoms with Gasteiger partial charge in [-0.1, -0.05) is 94.8 Å². The van der Waals surface area contributed by atoms with Gasteiger partial charge in [-0.05, 0) is 50.2 Å². The molecule has 0 spiro atoms. The van der Waals surface area contributed by atoms with Crippen molar-refractivity contribution in [3.63, 3.8) is 0 Å². The van der Waals surface area contributed by atoms with Gasteiger partial charge in [0.25, 0.3) is 10.0 Å². The average molecular weight is 528 g/mol. The zero-order valence-corrected chi connectivity index (χ0v) is 21.9. The predicted octanol–water partition coefficient (Wildman–Crippen LogP) is 5.72. The number of fused-ring (bicyclic) bond motifs is 1. The number of hydrogen-bond donors (Lipinski definition) is 1. The highest BCUT2D eigenvalue weighted by Crippen LogP contribution is 2.35. The minimum absolute atomic E-state index is 0.142. The Labute approximate surface area is 220 Å². The van der Waals surface area contributed by atoms with Crippen LogP contribution in [-0.2, 0) is 10.0 Å². The van der Waals surface area contributed by atoms with Crippen LogP contribution < -0.4 is 4.83 Å². The smallest absolute Gasteiger partial charge is 0.225 e. The molecule has 7 nitrogen and oxygen atoms in total. The molecule has 1 unspecified atom stereocenters. The Morgan fingerprint density at radius 3 is 2.16 bits per heavy atom. The fourth-order valence-corrected chi connectivity index (χ4v) is 5.72. The molecular weight excluding hydrogens is 502 g/mol. The van der Waals surface area contributed by atoms with Gasteiger partial charge in [-0.15, -0.1) is 5.10 Å². The zero-order valence-electron chi connectivity index (χ0n) is 20.3. The van der Waals surface area contributed by atoms with E-state index in [0.717, 1.165) is 32.6 Å². The van der Waals surface area contributed by atoms with E-state index < -0.39 is 15.4 Å². The number of sulfonamides is 1. The summed E-state index contributed by atoms with van der Waals surface area (Å²) in [6, 6.07) is 32.0. The molecule has 5 aromatic rings. The second kappa shape index (κ2) is 10.6. The van der Waals surface area contributed by atoms with Crippen molar-refractivity contribution in [2.45, 2.75) is 29.0 Å². The van der Waals surface area contributed by atoms with E-state index in [0.29, 0.717) is 5.71 Å². The summed E-state index contributed by atoms with van der Waals surface area (Å²) < 4.78 is 28.1. The van der Waals surface area contributed by atoms with E-state index in [2.05, 4.69) is 20.2 Å². The van der Waals surface area contributed by atoms with Gasteiger partial charge < -0.3 is 0 Å². The number of hydrogen-bond acceptors (Lipinski definition) is 6. The Hall–Kier alpha value is -3.95. The van der Waals surface area contributed by atoms with Crippen LogP contribution in [0, 0.1) is 13.8 Å². The molecule has 9 heteroatoms. The van der Waals surface area contributed by atoms with Crippen LogP contribution in [-0.4, -0.2) is 29.1 Å². The van der Waals surface area contributed by atoms with Crippen LogP contribution in [0.2, 0.25) is 0 Å². The first kappa shape index (κ1) is 24.7. The Balaban J connectivity index is 1.65. The maximum Gasteiger partial charge on any atom is 0.276 e. The second-order valence-corrected chi connectivity index (χ2v) is 11.4. The number of nitrogens with one attached hydrogen (secondary N) is 1. The van der Waals surface area contributed by atoms with Gasteiger partial charge in [0.1, 0.15) is 16.6 Å². The fourth-order valence-electron chi connectivity index (χ4n) is 3.78. The van der Waals surface area contributed by atoms with E-state index in [1.165, 1.54) is 11.8 Å². The lowest BCUT2D eigenvalue weighted by molar-refractivity contribution is 0.584. The van der Waals surface area contributed by atoms with Crippen molar-refractivity contribution in [2.75, 3.05) is 0 Å². The molecule has 1 atom stereocenters. The van der Waals surface area contributed by atoms with Crippen molar-refractivity contribution < 1.29 is 8.42 Å². The van der Waals surface area contributed by atoms with Gasteiger partial charge in [0, 0.05) is 10.5 Å². The van der Waals surface area contributed by atoms with Crippen molar-refractivity contribution in [3.8, 4) is 0 Å². The SMILES string of the molecule is Cc1ccc(/C(=N\NS(=O)(=O)c2ccc(C)cc2)C(Sc2ccccc2)n2nnc3ccccc32)cc1. The number of aryl methyl sites for hydroxylation is 2. The molecule has 0 aliphatic heterocycles. The molecule has 1 heterocycles. The lowest BCUT2D eigenvalue weighted by Gasteiger charge is -2.20. The molecular formula is C28H25N5O2S2. The first-order valence-electron chi connectivity index (χ1n) is 11.7. The van der Waals surface area contributed by atoms with Crippen molar-refractivity contribution in [3.05, 3.63) is 120 Å². The molecule has 0 bridgehead atoms. The lowest BCUT2D eigenvalue weighted by Crippen LogP contribution is -2.25. The minimum atomic E-state index is -3.90. The van der Waals surface area contributed by atoms with Gasteiger partial charge in [0.2, 0.25) is 0 Å². The van der Waals surface area contributed by atoms with Gasteiger partial charge in [-0.25, -0.2) is 4.68 Å². The maximum absolute atomic E-state index is 13.2. The summed E-state index contributed by atoms with van der Waals surface area (Å²) in [5.74, 6) is 0. The molecule has 0 aliphatic rings. The Morgan fingerprint density at radius 2 is 1.46 bits per heavy atom. The third-order valence-electron chi connectivity index (χ3n) is 5.79. The van der Waals surface area contributed by atoms with Gasteiger partial charge in [0.05, 0.1) is 10.4 Å². The molecule has 37 heavy (non-hydrogen) atoms. The van der Waals surface area contributed by atoms with Crippen LogP contribution in [0.1, 0.15) is 22.1 Å². The van der Waals surface area contributed by atoms with E-state index in [1.54, 1.807) is 28.9 Å².